The molecule has 2 aromatic rings. The smallest absolute Gasteiger partial charge is 0.124 e. The summed E-state index contributed by atoms with van der Waals surface area (Å²) in [6, 6.07) is 10.9. The Kier molecular flexibility index (Phi) is 3.95. The molecule has 2 aliphatic rings. The van der Waals surface area contributed by atoms with Crippen LogP contribution in [-0.4, -0.2) is 43.0 Å². The van der Waals surface area contributed by atoms with Gasteiger partial charge in [-0.25, -0.2) is 4.68 Å². The highest BCUT2D eigenvalue weighted by Crippen LogP contribution is 2.33. The van der Waals surface area contributed by atoms with Crippen LogP contribution in [0, 0.1) is 5.92 Å². The minimum Gasteiger partial charge on any atom is -0.374 e. The Morgan fingerprint density at radius 2 is 2.17 bits per heavy atom. The number of para-hydroxylation sites is 1. The molecule has 3 heterocycles. The van der Waals surface area contributed by atoms with Crippen molar-refractivity contribution < 1.29 is 0 Å². The number of anilines is 2. The summed E-state index contributed by atoms with van der Waals surface area (Å²) in [7, 11) is 2.19. The lowest BCUT2D eigenvalue weighted by atomic mass is 9.90. The zero-order valence-corrected chi connectivity index (χ0v) is 13.7. The first-order chi connectivity index (χ1) is 11.3. The summed E-state index contributed by atoms with van der Waals surface area (Å²) in [6.07, 6.45) is 3.10. The number of nitrogens with zero attached hydrogens (tertiary/aromatic N) is 3. The third-order valence-corrected chi connectivity index (χ3v) is 5.14. The van der Waals surface area contributed by atoms with Gasteiger partial charge >= 0.3 is 0 Å². The minimum absolute atomic E-state index is 0.601. The van der Waals surface area contributed by atoms with Gasteiger partial charge in [-0.3, -0.25) is 0 Å². The zero-order valence-electron chi connectivity index (χ0n) is 13.7. The lowest BCUT2D eigenvalue weighted by Crippen LogP contribution is -2.38. The lowest BCUT2D eigenvalue weighted by molar-refractivity contribution is 0.383. The molecule has 5 heteroatoms. The van der Waals surface area contributed by atoms with Crippen LogP contribution in [0.4, 0.5) is 11.5 Å². The van der Waals surface area contributed by atoms with E-state index in [1.165, 1.54) is 17.7 Å². The molecule has 0 fully saturated rings. The van der Waals surface area contributed by atoms with Gasteiger partial charge in [-0.05, 0) is 18.1 Å². The van der Waals surface area contributed by atoms with E-state index < -0.39 is 0 Å². The molecule has 1 aromatic carbocycles. The largest absolute Gasteiger partial charge is 0.374 e. The molecule has 2 aliphatic heterocycles. The third kappa shape index (κ3) is 2.93. The van der Waals surface area contributed by atoms with Crippen molar-refractivity contribution in [3.63, 3.8) is 0 Å². The minimum atomic E-state index is 0.601. The predicted octanol–water partition coefficient (Wildman–Crippen LogP) is 2.14. The van der Waals surface area contributed by atoms with E-state index in [1.807, 2.05) is 12.3 Å². The SMILES string of the molecule is CN1CC[C@@H](CNC[C@H]2CNc3ccnn3C2)c2ccccc21. The molecule has 0 bridgehead atoms. The molecular formula is C18H25N5. The maximum absolute atomic E-state index is 4.36. The van der Waals surface area contributed by atoms with E-state index in [0.29, 0.717) is 11.8 Å². The topological polar surface area (TPSA) is 45.1 Å². The first-order valence-corrected chi connectivity index (χ1v) is 8.58. The van der Waals surface area contributed by atoms with Gasteiger partial charge < -0.3 is 15.5 Å². The molecule has 1 aromatic heterocycles. The van der Waals surface area contributed by atoms with Gasteiger partial charge in [0.25, 0.3) is 0 Å². The Morgan fingerprint density at radius 1 is 1.26 bits per heavy atom. The zero-order chi connectivity index (χ0) is 15.6. The fourth-order valence-electron chi connectivity index (χ4n) is 3.80. The average Bonchev–Trinajstić information content (AvgIpc) is 3.05. The van der Waals surface area contributed by atoms with E-state index >= 15 is 0 Å². The van der Waals surface area contributed by atoms with Crippen LogP contribution in [-0.2, 0) is 6.54 Å². The fourth-order valence-corrected chi connectivity index (χ4v) is 3.80. The van der Waals surface area contributed by atoms with Gasteiger partial charge in [-0.1, -0.05) is 18.2 Å². The highest BCUT2D eigenvalue weighted by Gasteiger charge is 2.23. The second kappa shape index (κ2) is 6.24. The molecule has 0 amide bonds. The Labute approximate surface area is 137 Å². The summed E-state index contributed by atoms with van der Waals surface area (Å²) >= 11 is 0. The van der Waals surface area contributed by atoms with Crippen molar-refractivity contribution in [1.29, 1.82) is 0 Å². The van der Waals surface area contributed by atoms with E-state index in [-0.39, 0.29) is 0 Å². The molecule has 0 spiro atoms. The van der Waals surface area contributed by atoms with Crippen molar-refractivity contribution in [2.75, 3.05) is 43.4 Å². The van der Waals surface area contributed by atoms with Gasteiger partial charge in [0.15, 0.2) is 0 Å². The molecule has 4 rings (SSSR count). The molecule has 2 N–H and O–H groups in total. The first kappa shape index (κ1) is 14.6. The second-order valence-corrected chi connectivity index (χ2v) is 6.77. The van der Waals surface area contributed by atoms with Crippen molar-refractivity contribution >= 4 is 11.5 Å². The molecule has 0 saturated carbocycles. The predicted molar refractivity (Wildman–Crippen MR) is 94.1 cm³/mol. The van der Waals surface area contributed by atoms with Gasteiger partial charge in [0.05, 0.1) is 6.20 Å². The molecule has 0 saturated heterocycles. The molecule has 0 aliphatic carbocycles. The summed E-state index contributed by atoms with van der Waals surface area (Å²) in [5.41, 5.74) is 2.89. The number of aromatic nitrogens is 2. The normalized spacial score (nSPS) is 23.1. The number of fused-ring (bicyclic) bond motifs is 2. The Hall–Kier alpha value is -2.01. The van der Waals surface area contributed by atoms with E-state index in [2.05, 4.69) is 56.6 Å². The van der Waals surface area contributed by atoms with Crippen molar-refractivity contribution in [3.05, 3.63) is 42.1 Å². The van der Waals surface area contributed by atoms with Crippen LogP contribution in [0.5, 0.6) is 0 Å². The van der Waals surface area contributed by atoms with Gasteiger partial charge in [0.2, 0.25) is 0 Å². The van der Waals surface area contributed by atoms with E-state index in [1.54, 1.807) is 0 Å². The van der Waals surface area contributed by atoms with Gasteiger partial charge in [0, 0.05) is 63.4 Å². The monoisotopic (exact) mass is 311 g/mol. The summed E-state index contributed by atoms with van der Waals surface area (Å²) in [6.45, 7) is 5.29. The summed E-state index contributed by atoms with van der Waals surface area (Å²) < 4.78 is 2.07. The van der Waals surface area contributed by atoms with Crippen LogP contribution in [0.25, 0.3) is 0 Å². The van der Waals surface area contributed by atoms with Gasteiger partial charge in [0.1, 0.15) is 5.82 Å². The second-order valence-electron chi connectivity index (χ2n) is 6.77. The highest BCUT2D eigenvalue weighted by molar-refractivity contribution is 5.56. The van der Waals surface area contributed by atoms with E-state index in [9.17, 15) is 0 Å². The number of benzene rings is 1. The van der Waals surface area contributed by atoms with Crippen LogP contribution >= 0.6 is 0 Å². The molecule has 122 valence electrons. The summed E-state index contributed by atoms with van der Waals surface area (Å²) in [5, 5.41) is 11.5. The molecule has 0 unspecified atom stereocenters. The third-order valence-electron chi connectivity index (χ3n) is 5.14. The van der Waals surface area contributed by atoms with E-state index in [4.69, 9.17) is 0 Å². The van der Waals surface area contributed by atoms with Gasteiger partial charge in [-0.15, -0.1) is 0 Å². The average molecular weight is 311 g/mol. The fraction of sp³-hybridized carbons (Fsp3) is 0.500. The van der Waals surface area contributed by atoms with Crippen LogP contribution in [0.3, 0.4) is 0 Å². The quantitative estimate of drug-likeness (QED) is 0.908. The molecule has 23 heavy (non-hydrogen) atoms. The van der Waals surface area contributed by atoms with Crippen molar-refractivity contribution in [2.45, 2.75) is 18.9 Å². The molecular weight excluding hydrogens is 286 g/mol. The molecule has 5 nitrogen and oxygen atoms in total. The van der Waals surface area contributed by atoms with Crippen molar-refractivity contribution in [1.82, 2.24) is 15.1 Å². The highest BCUT2D eigenvalue weighted by atomic mass is 15.3. The standard InChI is InChI=1S/C18H25N5/c1-22-9-7-15(16-4-2-3-5-17(16)22)12-19-10-14-11-20-18-6-8-21-23(18)13-14/h2-6,8,14-15,19-20H,7,9-13H2,1H3/t14-,15-/m0/s1. The first-order valence-electron chi connectivity index (χ1n) is 8.58. The maximum atomic E-state index is 4.36. The van der Waals surface area contributed by atoms with Crippen LogP contribution < -0.4 is 15.5 Å². The Morgan fingerprint density at radius 3 is 3.13 bits per heavy atom. The molecule has 0 radical (unpaired) electrons. The Bertz CT molecular complexity index is 665. The lowest BCUT2D eigenvalue weighted by Gasteiger charge is -2.34. The molecule has 2 atom stereocenters. The summed E-state index contributed by atoms with van der Waals surface area (Å²) in [4.78, 5) is 2.37. The van der Waals surface area contributed by atoms with Crippen molar-refractivity contribution in [2.24, 2.45) is 5.92 Å². The number of nitrogens with one attached hydrogen (secondary N) is 2. The Balaban J connectivity index is 1.33. The van der Waals surface area contributed by atoms with Crippen molar-refractivity contribution in [3.8, 4) is 0 Å². The number of hydrogen-bond acceptors (Lipinski definition) is 4. The van der Waals surface area contributed by atoms with Gasteiger partial charge in [-0.2, -0.15) is 5.10 Å². The summed E-state index contributed by atoms with van der Waals surface area (Å²) in [5.74, 6) is 2.37. The number of hydrogen-bond donors (Lipinski definition) is 2. The maximum Gasteiger partial charge on any atom is 0.124 e. The van der Waals surface area contributed by atoms with Crippen LogP contribution in [0.2, 0.25) is 0 Å². The van der Waals surface area contributed by atoms with Crippen LogP contribution in [0.15, 0.2) is 36.5 Å². The van der Waals surface area contributed by atoms with Crippen LogP contribution in [0.1, 0.15) is 17.9 Å². The number of rotatable bonds is 4. The van der Waals surface area contributed by atoms with E-state index in [0.717, 1.165) is 38.5 Å².